The van der Waals surface area contributed by atoms with E-state index >= 15 is 0 Å². The predicted octanol–water partition coefficient (Wildman–Crippen LogP) is 1.76. The number of nitrogens with two attached hydrogens (primary N) is 2. The fourth-order valence-corrected chi connectivity index (χ4v) is 6.13. The van der Waals surface area contributed by atoms with E-state index in [0.717, 1.165) is 0 Å². The Labute approximate surface area is 209 Å². The summed E-state index contributed by atoms with van der Waals surface area (Å²) in [7, 11) is -7.96. The zero-order chi connectivity index (χ0) is 26.1. The molecule has 0 saturated carbocycles. The van der Waals surface area contributed by atoms with Crippen molar-refractivity contribution >= 4 is 37.5 Å². The maximum absolute atomic E-state index is 13.2. The largest absolute Gasteiger partial charge is 0.384 e. The number of anilines is 1. The molecule has 12 heteroatoms. The third kappa shape index (κ3) is 5.31. The van der Waals surface area contributed by atoms with Crippen LogP contribution in [0.1, 0.15) is 18.4 Å². The summed E-state index contributed by atoms with van der Waals surface area (Å²) in [6.45, 7) is 0.407. The van der Waals surface area contributed by atoms with Gasteiger partial charge in [-0.1, -0.05) is 42.5 Å². The molecule has 188 valence electrons. The highest BCUT2D eigenvalue weighted by atomic mass is 32.2. The Bertz CT molecular complexity index is 1540. The zero-order valence-electron chi connectivity index (χ0n) is 19.1. The minimum atomic E-state index is -4.03. The van der Waals surface area contributed by atoms with Crippen LogP contribution in [0.4, 0.5) is 5.69 Å². The summed E-state index contributed by atoms with van der Waals surface area (Å²) in [5.41, 5.74) is 7.33. The van der Waals surface area contributed by atoms with E-state index < -0.39 is 32.0 Å². The molecule has 1 amide bonds. The van der Waals surface area contributed by atoms with E-state index in [1.165, 1.54) is 35.2 Å². The molecule has 36 heavy (non-hydrogen) atoms. The van der Waals surface area contributed by atoms with Gasteiger partial charge in [0.25, 0.3) is 0 Å². The van der Waals surface area contributed by atoms with Crippen LogP contribution in [0.3, 0.4) is 0 Å². The third-order valence-corrected chi connectivity index (χ3v) is 8.31. The van der Waals surface area contributed by atoms with E-state index in [1.54, 1.807) is 42.5 Å². The Balaban J connectivity index is 1.56. The van der Waals surface area contributed by atoms with Crippen molar-refractivity contribution in [3.63, 3.8) is 0 Å². The normalized spacial score (nSPS) is 16.6. The molecule has 0 bridgehead atoms. The van der Waals surface area contributed by atoms with Crippen molar-refractivity contribution in [3.05, 3.63) is 78.4 Å². The van der Waals surface area contributed by atoms with E-state index in [1.807, 2.05) is 0 Å². The molecule has 1 unspecified atom stereocenters. The lowest BCUT2D eigenvalue weighted by Crippen LogP contribution is -2.52. The summed E-state index contributed by atoms with van der Waals surface area (Å²) >= 11 is 0. The molecule has 0 aliphatic carbocycles. The topological polar surface area (TPSA) is 177 Å². The monoisotopic (exact) mass is 527 g/mol. The van der Waals surface area contributed by atoms with Crippen molar-refractivity contribution in [3.8, 4) is 11.1 Å². The lowest BCUT2D eigenvalue weighted by molar-refractivity contribution is -0.121. The van der Waals surface area contributed by atoms with Gasteiger partial charge in [0.05, 0.1) is 9.79 Å². The molecule has 1 aliphatic heterocycles. The fraction of sp³-hybridized carbons (Fsp3) is 0.167. The lowest BCUT2D eigenvalue weighted by Gasteiger charge is -2.32. The Morgan fingerprint density at radius 1 is 0.972 bits per heavy atom. The molecule has 1 fully saturated rings. The van der Waals surface area contributed by atoms with Gasteiger partial charge in [0.1, 0.15) is 11.9 Å². The SMILES string of the molecule is N=C(N)c1cccc(S(=O)(=O)NC2CCCN(c3ccc(-c4ccccc4S(N)(=O)=O)cc3)C2=O)c1. The average Bonchev–Trinajstić information content (AvgIpc) is 2.85. The lowest BCUT2D eigenvalue weighted by atomic mass is 10.0. The van der Waals surface area contributed by atoms with Crippen molar-refractivity contribution in [2.75, 3.05) is 11.4 Å². The Morgan fingerprint density at radius 2 is 1.67 bits per heavy atom. The molecule has 0 aromatic heterocycles. The first-order chi connectivity index (χ1) is 17.0. The Kier molecular flexibility index (Phi) is 6.96. The molecular formula is C24H25N5O5S2. The summed E-state index contributed by atoms with van der Waals surface area (Å²) in [5, 5.41) is 12.9. The molecule has 1 heterocycles. The number of amides is 1. The van der Waals surface area contributed by atoms with E-state index in [0.29, 0.717) is 36.2 Å². The highest BCUT2D eigenvalue weighted by Crippen LogP contribution is 2.30. The van der Waals surface area contributed by atoms with Crippen LogP contribution in [-0.2, 0) is 24.8 Å². The van der Waals surface area contributed by atoms with Crippen LogP contribution in [0, 0.1) is 5.41 Å². The number of primary sulfonamides is 1. The van der Waals surface area contributed by atoms with Crippen LogP contribution < -0.4 is 20.5 Å². The van der Waals surface area contributed by atoms with Gasteiger partial charge < -0.3 is 10.6 Å². The molecule has 3 aromatic rings. The highest BCUT2D eigenvalue weighted by molar-refractivity contribution is 7.89. The van der Waals surface area contributed by atoms with Gasteiger partial charge in [-0.3, -0.25) is 10.2 Å². The quantitative estimate of drug-likeness (QED) is 0.269. The minimum Gasteiger partial charge on any atom is -0.384 e. The maximum atomic E-state index is 13.2. The van der Waals surface area contributed by atoms with Crippen molar-refractivity contribution < 1.29 is 21.6 Å². The van der Waals surface area contributed by atoms with Crippen LogP contribution in [0.15, 0.2) is 82.6 Å². The van der Waals surface area contributed by atoms with E-state index in [-0.39, 0.29) is 21.2 Å². The smallest absolute Gasteiger partial charge is 0.245 e. The summed E-state index contributed by atoms with van der Waals surface area (Å²) < 4.78 is 52.2. The predicted molar refractivity (Wildman–Crippen MR) is 136 cm³/mol. The van der Waals surface area contributed by atoms with Gasteiger partial charge in [0.15, 0.2) is 0 Å². The van der Waals surface area contributed by atoms with Gasteiger partial charge in [0.2, 0.25) is 26.0 Å². The first kappa shape index (κ1) is 25.5. The minimum absolute atomic E-state index is 0.00453. The standard InChI is InChI=1S/C24H25N5O5S2/c25-23(26)17-5-3-6-19(15-17)36(33,34)28-21-8-4-14-29(24(21)30)18-12-10-16(11-13-18)20-7-1-2-9-22(20)35(27,31)32/h1-3,5-7,9-13,15,21,28H,4,8,14H2,(H3,25,26)(H2,27,31,32). The van der Waals surface area contributed by atoms with E-state index in [2.05, 4.69) is 4.72 Å². The number of amidine groups is 1. The van der Waals surface area contributed by atoms with Crippen molar-refractivity contribution in [1.82, 2.24) is 4.72 Å². The van der Waals surface area contributed by atoms with Crippen molar-refractivity contribution in [2.24, 2.45) is 10.9 Å². The molecule has 6 N–H and O–H groups in total. The molecule has 1 aliphatic rings. The molecular weight excluding hydrogens is 502 g/mol. The number of piperidine rings is 1. The number of hydrogen-bond acceptors (Lipinski definition) is 6. The summed E-state index contributed by atoms with van der Waals surface area (Å²) in [5.74, 6) is -0.660. The van der Waals surface area contributed by atoms with Crippen LogP contribution in [0.2, 0.25) is 0 Å². The van der Waals surface area contributed by atoms with Gasteiger partial charge in [-0.05, 0) is 48.7 Å². The van der Waals surface area contributed by atoms with Crippen molar-refractivity contribution in [2.45, 2.75) is 28.7 Å². The molecule has 4 rings (SSSR count). The van der Waals surface area contributed by atoms with Gasteiger partial charge in [-0.15, -0.1) is 0 Å². The second kappa shape index (κ2) is 9.82. The summed E-state index contributed by atoms with van der Waals surface area (Å²) in [6, 6.07) is 17.8. The highest BCUT2D eigenvalue weighted by Gasteiger charge is 2.33. The van der Waals surface area contributed by atoms with Crippen LogP contribution in [-0.4, -0.2) is 41.2 Å². The number of carbonyl (C=O) groups excluding carboxylic acids is 1. The number of carbonyl (C=O) groups is 1. The first-order valence-corrected chi connectivity index (χ1v) is 14.0. The van der Waals surface area contributed by atoms with Crippen LogP contribution in [0.25, 0.3) is 11.1 Å². The second-order valence-electron chi connectivity index (χ2n) is 8.34. The third-order valence-electron chi connectivity index (χ3n) is 5.87. The number of hydrogen-bond donors (Lipinski definition) is 4. The van der Waals surface area contributed by atoms with Gasteiger partial charge >= 0.3 is 0 Å². The van der Waals surface area contributed by atoms with Gasteiger partial charge in [-0.2, -0.15) is 4.72 Å². The summed E-state index contributed by atoms with van der Waals surface area (Å²) in [6.07, 6.45) is 0.906. The Hall–Kier alpha value is -3.58. The molecule has 1 saturated heterocycles. The number of nitrogens with zero attached hydrogens (tertiary/aromatic N) is 1. The number of benzene rings is 3. The second-order valence-corrected chi connectivity index (χ2v) is 11.6. The van der Waals surface area contributed by atoms with Crippen molar-refractivity contribution in [1.29, 1.82) is 5.41 Å². The van der Waals surface area contributed by atoms with Gasteiger partial charge in [-0.25, -0.2) is 22.0 Å². The zero-order valence-corrected chi connectivity index (χ0v) is 20.7. The number of nitrogen functional groups attached to an aromatic ring is 1. The molecule has 0 radical (unpaired) electrons. The Morgan fingerprint density at radius 3 is 2.33 bits per heavy atom. The summed E-state index contributed by atoms with van der Waals surface area (Å²) in [4.78, 5) is 14.6. The van der Waals surface area contributed by atoms with E-state index in [4.69, 9.17) is 16.3 Å². The maximum Gasteiger partial charge on any atom is 0.245 e. The van der Waals surface area contributed by atoms with Crippen LogP contribution in [0.5, 0.6) is 0 Å². The molecule has 0 spiro atoms. The fourth-order valence-electron chi connectivity index (χ4n) is 4.10. The number of nitrogens with one attached hydrogen (secondary N) is 2. The molecule has 10 nitrogen and oxygen atoms in total. The van der Waals surface area contributed by atoms with Crippen LogP contribution >= 0.6 is 0 Å². The van der Waals surface area contributed by atoms with E-state index in [9.17, 15) is 21.6 Å². The first-order valence-electron chi connectivity index (χ1n) is 11.0. The number of rotatable bonds is 7. The number of sulfonamides is 2. The molecule has 3 aromatic carbocycles. The molecule has 1 atom stereocenters. The average molecular weight is 528 g/mol. The van der Waals surface area contributed by atoms with Gasteiger partial charge in [0, 0.05) is 23.4 Å².